The first-order chi connectivity index (χ1) is 34.1. The lowest BCUT2D eigenvalue weighted by molar-refractivity contribution is -0.147. The molecular formula is C46H72N14O13. The summed E-state index contributed by atoms with van der Waals surface area (Å²) in [6.07, 6.45) is -1.34. The summed E-state index contributed by atoms with van der Waals surface area (Å²) in [5, 5.41) is 36.4. The van der Waals surface area contributed by atoms with Gasteiger partial charge in [-0.3, -0.25) is 52.9 Å². The van der Waals surface area contributed by atoms with E-state index in [0.717, 1.165) is 0 Å². The van der Waals surface area contributed by atoms with Crippen molar-refractivity contribution in [2.75, 3.05) is 6.54 Å². The summed E-state index contributed by atoms with van der Waals surface area (Å²) in [6.45, 7) is 10.5. The molecule has 27 nitrogen and oxygen atoms in total. The maximum Gasteiger partial charge on any atom is 0.326 e. The Labute approximate surface area is 421 Å². The summed E-state index contributed by atoms with van der Waals surface area (Å²) >= 11 is 0. The van der Waals surface area contributed by atoms with E-state index in [1.54, 1.807) is 65.8 Å². The van der Waals surface area contributed by atoms with E-state index in [4.69, 9.17) is 28.7 Å². The average molecular weight is 1030 g/mol. The van der Waals surface area contributed by atoms with Crippen molar-refractivity contribution in [2.24, 2.45) is 51.4 Å². The molecule has 2 aromatic rings. The molecule has 27 heteroatoms. The molecule has 0 saturated heterocycles. The number of nitrogens with one attached hydrogen (secondary N) is 8. The number of aromatic nitrogens is 1. The van der Waals surface area contributed by atoms with E-state index in [-0.39, 0.29) is 62.4 Å². The molecule has 8 atom stereocenters. The van der Waals surface area contributed by atoms with E-state index in [1.165, 1.54) is 6.20 Å². The van der Waals surface area contributed by atoms with Gasteiger partial charge in [-0.1, -0.05) is 59.7 Å². The molecule has 73 heavy (non-hydrogen) atoms. The summed E-state index contributed by atoms with van der Waals surface area (Å²) in [6, 6.07) is -5.39. The quantitative estimate of drug-likeness (QED) is 0.0192. The number of carbonyl (C=O) groups is 11. The third-order valence-electron chi connectivity index (χ3n) is 11.1. The summed E-state index contributed by atoms with van der Waals surface area (Å²) in [4.78, 5) is 151. The van der Waals surface area contributed by atoms with E-state index in [1.807, 2.05) is 0 Å². The van der Waals surface area contributed by atoms with Gasteiger partial charge in [0, 0.05) is 30.1 Å². The molecular weight excluding hydrogens is 957 g/mol. The fraction of sp³-hybridized carbons (Fsp3) is 0.565. The van der Waals surface area contributed by atoms with Crippen molar-refractivity contribution in [3.63, 3.8) is 0 Å². The Balaban J connectivity index is 2.45. The number of carbonyl (C=O) groups excluding carboxylic acids is 9. The van der Waals surface area contributed by atoms with E-state index >= 15 is 0 Å². The van der Waals surface area contributed by atoms with Crippen LogP contribution in [0.25, 0.3) is 10.9 Å². The molecule has 0 aliphatic carbocycles. The first-order valence-corrected chi connectivity index (χ1v) is 23.6. The van der Waals surface area contributed by atoms with Gasteiger partial charge in [0.1, 0.15) is 42.3 Å². The SMILES string of the molecule is CC(C)C[C@H](NC(=O)[C@H](CC(C)C)NC(=O)[C@H](CCCN=C(N)N)NC(=O)[C@@H](N)C(C)C)C(=O)N[C@@H](CC(N)=O)C(=O)N[C@@H](CC(N)=O)C(=O)N[C@@H](Cc1c[nH]c2ccccc12)C(=O)N[C@@H](CC(=O)O)C(=O)O. The summed E-state index contributed by atoms with van der Waals surface area (Å²) in [5.74, 6) is -13.3. The number of para-hydroxylation sites is 1. The van der Waals surface area contributed by atoms with Crippen molar-refractivity contribution in [3.8, 4) is 0 Å². The molecule has 1 heterocycles. The second-order valence-corrected chi connectivity index (χ2v) is 18.7. The van der Waals surface area contributed by atoms with Crippen LogP contribution in [0.4, 0.5) is 0 Å². The number of hydrogen-bond acceptors (Lipinski definition) is 13. The Morgan fingerprint density at radius 3 is 1.44 bits per heavy atom. The second kappa shape index (κ2) is 29.5. The first-order valence-electron chi connectivity index (χ1n) is 23.6. The summed E-state index contributed by atoms with van der Waals surface area (Å²) in [7, 11) is 0. The number of guanidine groups is 1. The number of hydrogen-bond donors (Lipinski definition) is 15. The fourth-order valence-electron chi connectivity index (χ4n) is 7.31. The topological polar surface area (TPSA) is 471 Å². The number of aliphatic carboxylic acids is 2. The fourth-order valence-corrected chi connectivity index (χ4v) is 7.31. The molecule has 9 amide bonds. The van der Waals surface area contributed by atoms with Gasteiger partial charge in [-0.2, -0.15) is 0 Å². The molecule has 1 aromatic heterocycles. The number of amides is 9. The van der Waals surface area contributed by atoms with Gasteiger partial charge in [0.2, 0.25) is 53.2 Å². The van der Waals surface area contributed by atoms with E-state index in [2.05, 4.69) is 47.2 Å². The average Bonchev–Trinajstić information content (AvgIpc) is 3.69. The largest absolute Gasteiger partial charge is 0.481 e. The van der Waals surface area contributed by atoms with Crippen molar-refractivity contribution >= 4 is 82.0 Å². The van der Waals surface area contributed by atoms with Crippen LogP contribution in [0.3, 0.4) is 0 Å². The van der Waals surface area contributed by atoms with Crippen LogP contribution in [-0.2, 0) is 59.2 Å². The predicted molar refractivity (Wildman–Crippen MR) is 265 cm³/mol. The number of nitrogens with zero attached hydrogens (tertiary/aromatic N) is 1. The summed E-state index contributed by atoms with van der Waals surface area (Å²) in [5.41, 5.74) is 28.9. The Bertz CT molecular complexity index is 2330. The molecule has 20 N–H and O–H groups in total. The smallest absolute Gasteiger partial charge is 0.326 e. The van der Waals surface area contributed by atoms with Gasteiger partial charge in [-0.05, 0) is 55.1 Å². The number of aromatic amines is 1. The molecule has 404 valence electrons. The number of fused-ring (bicyclic) bond motifs is 1. The normalized spacial score (nSPS) is 14.5. The number of carboxylic acids is 2. The lowest BCUT2D eigenvalue weighted by atomic mass is 9.99. The van der Waals surface area contributed by atoms with Gasteiger partial charge in [0.15, 0.2) is 5.96 Å². The van der Waals surface area contributed by atoms with Crippen LogP contribution in [0.2, 0.25) is 0 Å². The highest BCUT2D eigenvalue weighted by Gasteiger charge is 2.36. The first kappa shape index (κ1) is 61.3. The molecule has 0 aliphatic heterocycles. The van der Waals surface area contributed by atoms with Crippen molar-refractivity contribution in [2.45, 2.75) is 141 Å². The van der Waals surface area contributed by atoms with E-state index in [0.29, 0.717) is 16.5 Å². The van der Waals surface area contributed by atoms with Crippen molar-refractivity contribution in [1.29, 1.82) is 0 Å². The Morgan fingerprint density at radius 2 is 0.986 bits per heavy atom. The molecule has 2 rings (SSSR count). The molecule has 0 aliphatic rings. The zero-order valence-corrected chi connectivity index (χ0v) is 41.8. The molecule has 0 unspecified atom stereocenters. The van der Waals surface area contributed by atoms with Crippen molar-refractivity contribution < 1.29 is 63.0 Å². The molecule has 0 spiro atoms. The predicted octanol–water partition coefficient (Wildman–Crippen LogP) is -3.46. The number of primary amides is 2. The van der Waals surface area contributed by atoms with E-state index in [9.17, 15) is 63.0 Å². The number of nitrogens with two attached hydrogens (primary N) is 5. The zero-order valence-electron chi connectivity index (χ0n) is 41.8. The van der Waals surface area contributed by atoms with Gasteiger partial charge in [-0.15, -0.1) is 0 Å². The van der Waals surface area contributed by atoms with Gasteiger partial charge in [0.25, 0.3) is 0 Å². The minimum absolute atomic E-state index is 0.0432. The lowest BCUT2D eigenvalue weighted by Crippen LogP contribution is -2.61. The van der Waals surface area contributed by atoms with Crippen LogP contribution in [0.5, 0.6) is 0 Å². The monoisotopic (exact) mass is 1030 g/mol. The molecule has 0 fully saturated rings. The third kappa shape index (κ3) is 21.6. The van der Waals surface area contributed by atoms with Crippen LogP contribution in [0.15, 0.2) is 35.5 Å². The molecule has 0 saturated carbocycles. The minimum Gasteiger partial charge on any atom is -0.481 e. The van der Waals surface area contributed by atoms with Crippen LogP contribution >= 0.6 is 0 Å². The second-order valence-electron chi connectivity index (χ2n) is 18.7. The lowest BCUT2D eigenvalue weighted by Gasteiger charge is -2.28. The number of H-pyrrole nitrogens is 1. The maximum absolute atomic E-state index is 14.1. The summed E-state index contributed by atoms with van der Waals surface area (Å²) < 4.78 is 0. The van der Waals surface area contributed by atoms with Crippen LogP contribution in [-0.4, -0.2) is 141 Å². The van der Waals surface area contributed by atoms with Crippen LogP contribution < -0.4 is 65.9 Å². The maximum atomic E-state index is 14.1. The number of aliphatic imine (C=N–C) groups is 1. The minimum atomic E-state index is -1.93. The van der Waals surface area contributed by atoms with Gasteiger partial charge < -0.3 is 81.1 Å². The molecule has 0 radical (unpaired) electrons. The number of rotatable bonds is 32. The van der Waals surface area contributed by atoms with Crippen molar-refractivity contribution in [1.82, 2.24) is 42.2 Å². The van der Waals surface area contributed by atoms with Crippen LogP contribution in [0.1, 0.15) is 92.1 Å². The van der Waals surface area contributed by atoms with E-state index < -0.39 is 133 Å². The van der Waals surface area contributed by atoms with Gasteiger partial charge in [-0.25, -0.2) is 4.79 Å². The standard InChI is InChI=1S/C46H72N14O13/c1-21(2)14-28(55-38(65)27(12-9-13-52-46(50)51)54-44(71)37(49)23(5)6)39(66)56-29(15-22(3)4)40(67)58-32(18-35(48)62)43(70)59-31(17-34(47)61)42(69)57-30(41(68)60-33(45(72)73)19-36(63)64)16-24-20-53-26-11-8-7-10-25(24)26/h7-8,10-11,20-23,27-33,37,53H,9,12-19,49H2,1-6H3,(H2,47,61)(H2,48,62)(H,54,71)(H,55,65)(H,56,66)(H,57,69)(H,58,67)(H,59,70)(H,60,68)(H,63,64)(H,72,73)(H4,50,51,52)/t27-,28-,29-,30-,31-,32-,33-,37-/m0/s1. The van der Waals surface area contributed by atoms with Crippen LogP contribution in [0, 0.1) is 17.8 Å². The number of carboxylic acid groups (broad SMARTS) is 2. The Kier molecular flexibility index (Phi) is 24.8. The van der Waals surface area contributed by atoms with Gasteiger partial charge >= 0.3 is 11.9 Å². The zero-order chi connectivity index (χ0) is 55.3. The molecule has 1 aromatic carbocycles. The highest BCUT2D eigenvalue weighted by molar-refractivity contribution is 6.00. The third-order valence-corrected chi connectivity index (χ3v) is 11.1. The Morgan fingerprint density at radius 1 is 0.562 bits per heavy atom. The van der Waals surface area contributed by atoms with Gasteiger partial charge in [0.05, 0.1) is 25.3 Å². The number of benzene rings is 1. The van der Waals surface area contributed by atoms with Crippen molar-refractivity contribution in [3.05, 3.63) is 36.0 Å². The molecule has 0 bridgehead atoms. The highest BCUT2D eigenvalue weighted by atomic mass is 16.4. The Hall–Kier alpha value is -7.84. The highest BCUT2D eigenvalue weighted by Crippen LogP contribution is 2.20.